The minimum Gasteiger partial charge on any atom is -0.480 e. The number of carbonyl (C=O) groups is 2. The fraction of sp³-hybridized carbons (Fsp3) is 0.562. The molecule has 0 aliphatic carbocycles. The largest absolute Gasteiger partial charge is 0.480 e. The molecular formula is C16H23Cl2N5O4. The van der Waals surface area contributed by atoms with Crippen molar-refractivity contribution in [1.82, 2.24) is 15.6 Å². The second kappa shape index (κ2) is 9.41. The maximum absolute atomic E-state index is 12.2. The summed E-state index contributed by atoms with van der Waals surface area (Å²) in [7, 11) is 0. The Morgan fingerprint density at radius 1 is 1.22 bits per heavy atom. The van der Waals surface area contributed by atoms with Crippen molar-refractivity contribution in [2.45, 2.75) is 25.0 Å². The number of hydrogen-bond donors (Lipinski definition) is 3. The van der Waals surface area contributed by atoms with Crippen molar-refractivity contribution in [2.24, 2.45) is 0 Å². The van der Waals surface area contributed by atoms with Crippen LogP contribution >= 0.6 is 24.8 Å². The highest BCUT2D eigenvalue weighted by Crippen LogP contribution is 2.29. The van der Waals surface area contributed by atoms with E-state index in [0.717, 1.165) is 25.9 Å². The first-order valence-electron chi connectivity index (χ1n) is 8.55. The normalized spacial score (nSPS) is 21.9. The maximum Gasteiger partial charge on any atom is 0.416 e. The Kier molecular flexibility index (Phi) is 7.49. The number of cyclic esters (lactones) is 1. The van der Waals surface area contributed by atoms with E-state index < -0.39 is 6.09 Å². The van der Waals surface area contributed by atoms with Crippen molar-refractivity contribution in [2.75, 3.05) is 43.0 Å². The number of nitrogens with zero attached hydrogens (tertiary/aromatic N) is 2. The lowest BCUT2D eigenvalue weighted by molar-refractivity contribution is -0.118. The summed E-state index contributed by atoms with van der Waals surface area (Å²) in [6, 6.07) is 3.86. The molecule has 4 rings (SSSR count). The van der Waals surface area contributed by atoms with E-state index in [9.17, 15) is 9.59 Å². The summed E-state index contributed by atoms with van der Waals surface area (Å²) in [4.78, 5) is 29.4. The van der Waals surface area contributed by atoms with Gasteiger partial charge in [0.2, 0.25) is 0 Å². The van der Waals surface area contributed by atoms with Crippen molar-refractivity contribution in [3.05, 3.63) is 12.1 Å². The Bertz CT molecular complexity index is 687. The van der Waals surface area contributed by atoms with E-state index in [1.807, 2.05) is 0 Å². The molecule has 0 aromatic carbocycles. The number of ether oxygens (including phenoxy) is 2. The number of rotatable bonds is 4. The third-order valence-electron chi connectivity index (χ3n) is 4.58. The summed E-state index contributed by atoms with van der Waals surface area (Å²) < 4.78 is 10.7. The zero-order valence-electron chi connectivity index (χ0n) is 14.6. The SMILES string of the molecule is Cl.Cl.O=C1COc2ccc(N3CC(CNC4CCNCC4)OC3=O)nc2N1. The molecule has 1 unspecified atom stereocenters. The summed E-state index contributed by atoms with van der Waals surface area (Å²) in [6.07, 6.45) is 1.52. The van der Waals surface area contributed by atoms with Crippen molar-refractivity contribution < 1.29 is 19.1 Å². The minimum absolute atomic E-state index is 0. The molecule has 1 aromatic rings. The number of amides is 2. The molecule has 0 saturated carbocycles. The smallest absolute Gasteiger partial charge is 0.416 e. The molecule has 2 saturated heterocycles. The lowest BCUT2D eigenvalue weighted by Gasteiger charge is -2.24. The Labute approximate surface area is 169 Å². The van der Waals surface area contributed by atoms with Gasteiger partial charge in [-0.1, -0.05) is 0 Å². The van der Waals surface area contributed by atoms with Crippen LogP contribution in [0.4, 0.5) is 16.4 Å². The second-order valence-electron chi connectivity index (χ2n) is 6.40. The molecular weight excluding hydrogens is 397 g/mol. The first kappa shape index (κ1) is 21.5. The van der Waals surface area contributed by atoms with Crippen molar-refractivity contribution in [1.29, 1.82) is 0 Å². The summed E-state index contributed by atoms with van der Waals surface area (Å²) in [5.41, 5.74) is 0. The molecule has 9 nitrogen and oxygen atoms in total. The van der Waals surface area contributed by atoms with E-state index in [1.165, 1.54) is 4.90 Å². The zero-order chi connectivity index (χ0) is 17.2. The van der Waals surface area contributed by atoms with Gasteiger partial charge < -0.3 is 25.4 Å². The van der Waals surface area contributed by atoms with Gasteiger partial charge in [-0.25, -0.2) is 9.78 Å². The molecule has 0 spiro atoms. The monoisotopic (exact) mass is 419 g/mol. The standard InChI is InChI=1S/C16H21N5O4.2ClH/c22-14-9-24-12-1-2-13(19-15(12)20-14)21-8-11(25-16(21)23)7-18-10-3-5-17-6-4-10;;/h1-2,10-11,17-18H,3-9H2,(H,19,20,22);2*1H. The third-order valence-corrected chi connectivity index (χ3v) is 4.58. The molecule has 0 bridgehead atoms. The molecule has 2 amide bonds. The van der Waals surface area contributed by atoms with Crippen LogP contribution in [0.1, 0.15) is 12.8 Å². The average Bonchev–Trinajstić information content (AvgIpc) is 3.01. The Balaban J connectivity index is 0.00000131. The van der Waals surface area contributed by atoms with Gasteiger partial charge in [0.25, 0.3) is 5.91 Å². The molecule has 4 heterocycles. The van der Waals surface area contributed by atoms with Crippen LogP contribution in [0.5, 0.6) is 5.75 Å². The summed E-state index contributed by atoms with van der Waals surface area (Å²) in [6.45, 7) is 3.06. The van der Waals surface area contributed by atoms with Crippen LogP contribution in [0.2, 0.25) is 0 Å². The van der Waals surface area contributed by atoms with Crippen LogP contribution in [0.25, 0.3) is 0 Å². The van der Waals surface area contributed by atoms with E-state index in [2.05, 4.69) is 20.9 Å². The average molecular weight is 420 g/mol. The van der Waals surface area contributed by atoms with Crippen molar-refractivity contribution in [3.63, 3.8) is 0 Å². The number of piperidine rings is 1. The predicted octanol–water partition coefficient (Wildman–Crippen LogP) is 0.923. The van der Waals surface area contributed by atoms with Gasteiger partial charge >= 0.3 is 6.09 Å². The minimum atomic E-state index is -0.424. The van der Waals surface area contributed by atoms with E-state index >= 15 is 0 Å². The topological polar surface area (TPSA) is 105 Å². The summed E-state index contributed by atoms with van der Waals surface area (Å²) in [5, 5.41) is 9.44. The fourth-order valence-corrected chi connectivity index (χ4v) is 3.24. The van der Waals surface area contributed by atoms with Crippen LogP contribution in [0, 0.1) is 0 Å². The molecule has 150 valence electrons. The van der Waals surface area contributed by atoms with Gasteiger partial charge in [0.15, 0.2) is 18.2 Å². The first-order chi connectivity index (χ1) is 12.2. The number of hydrogen-bond acceptors (Lipinski definition) is 7. The van der Waals surface area contributed by atoms with Crippen molar-refractivity contribution in [3.8, 4) is 5.75 Å². The van der Waals surface area contributed by atoms with Gasteiger partial charge in [-0.15, -0.1) is 24.8 Å². The molecule has 1 aromatic heterocycles. The highest BCUT2D eigenvalue weighted by molar-refractivity contribution is 5.95. The number of pyridine rings is 1. The first-order valence-corrected chi connectivity index (χ1v) is 8.55. The zero-order valence-corrected chi connectivity index (χ0v) is 16.2. The Hall–Kier alpha value is -1.81. The van der Waals surface area contributed by atoms with Gasteiger partial charge in [-0.05, 0) is 38.1 Å². The van der Waals surface area contributed by atoms with Gasteiger partial charge in [-0.3, -0.25) is 9.69 Å². The molecule has 0 radical (unpaired) electrons. The number of aromatic nitrogens is 1. The summed E-state index contributed by atoms with van der Waals surface area (Å²) >= 11 is 0. The summed E-state index contributed by atoms with van der Waals surface area (Å²) in [5.74, 6) is 1.02. The van der Waals surface area contributed by atoms with Crippen LogP contribution in [-0.4, -0.2) is 61.9 Å². The van der Waals surface area contributed by atoms with Crippen LogP contribution < -0.4 is 25.6 Å². The number of fused-ring (bicyclic) bond motifs is 1. The number of nitrogens with one attached hydrogen (secondary N) is 3. The third kappa shape index (κ3) is 4.92. The van der Waals surface area contributed by atoms with Gasteiger partial charge in [0.1, 0.15) is 11.9 Å². The molecule has 3 aliphatic rings. The quantitative estimate of drug-likeness (QED) is 0.666. The highest BCUT2D eigenvalue weighted by atomic mass is 35.5. The Morgan fingerprint density at radius 3 is 2.78 bits per heavy atom. The van der Waals surface area contributed by atoms with Gasteiger partial charge in [-0.2, -0.15) is 0 Å². The lowest BCUT2D eigenvalue weighted by Crippen LogP contribution is -2.43. The van der Waals surface area contributed by atoms with E-state index in [-0.39, 0.29) is 43.4 Å². The number of carbonyl (C=O) groups excluding carboxylic acids is 2. The molecule has 3 N–H and O–H groups in total. The molecule has 3 aliphatic heterocycles. The van der Waals surface area contributed by atoms with E-state index in [0.29, 0.717) is 36.5 Å². The molecule has 11 heteroatoms. The van der Waals surface area contributed by atoms with Crippen molar-refractivity contribution >= 4 is 48.5 Å². The fourth-order valence-electron chi connectivity index (χ4n) is 3.24. The lowest BCUT2D eigenvalue weighted by atomic mass is 10.1. The van der Waals surface area contributed by atoms with Crippen LogP contribution in [0.15, 0.2) is 12.1 Å². The van der Waals surface area contributed by atoms with E-state index in [1.54, 1.807) is 12.1 Å². The number of anilines is 2. The van der Waals surface area contributed by atoms with Crippen LogP contribution in [-0.2, 0) is 9.53 Å². The van der Waals surface area contributed by atoms with Crippen LogP contribution in [0.3, 0.4) is 0 Å². The van der Waals surface area contributed by atoms with Gasteiger partial charge in [0, 0.05) is 12.6 Å². The molecule has 2 fully saturated rings. The Morgan fingerprint density at radius 2 is 2.00 bits per heavy atom. The molecule has 1 atom stereocenters. The molecule has 27 heavy (non-hydrogen) atoms. The number of halogens is 2. The highest BCUT2D eigenvalue weighted by Gasteiger charge is 2.34. The maximum atomic E-state index is 12.2. The predicted molar refractivity (Wildman–Crippen MR) is 104 cm³/mol. The van der Waals surface area contributed by atoms with E-state index in [4.69, 9.17) is 9.47 Å². The second-order valence-corrected chi connectivity index (χ2v) is 6.40. The van der Waals surface area contributed by atoms with Gasteiger partial charge in [0.05, 0.1) is 6.54 Å².